The fraction of sp³-hybridized carbons (Fsp3) is 0.692. The fourth-order valence-corrected chi connectivity index (χ4v) is 3.86. The molecule has 6 nitrogen and oxygen atoms in total. The second kappa shape index (κ2) is 6.49. The number of aryl methyl sites for hydroxylation is 1. The molecular weight excluding hydrogens is 278 g/mol. The lowest BCUT2D eigenvalue weighted by atomic mass is 10.3. The molecule has 0 spiro atoms. The summed E-state index contributed by atoms with van der Waals surface area (Å²) in [4.78, 5) is 8.18. The smallest absolute Gasteiger partial charge is 0.216 e. The lowest BCUT2D eigenvalue weighted by Crippen LogP contribution is -2.32. The third-order valence-corrected chi connectivity index (χ3v) is 5.22. The molecule has 0 aliphatic carbocycles. The van der Waals surface area contributed by atoms with Crippen molar-refractivity contribution >= 4 is 10.0 Å². The van der Waals surface area contributed by atoms with Gasteiger partial charge in [0.1, 0.15) is 11.9 Å². The maximum Gasteiger partial charge on any atom is 0.216 e. The van der Waals surface area contributed by atoms with Crippen molar-refractivity contribution in [1.29, 1.82) is 0 Å². The monoisotopic (exact) mass is 299 g/mol. The molecule has 1 aliphatic heterocycles. The van der Waals surface area contributed by atoms with Gasteiger partial charge in [-0.2, -0.15) is 9.29 Å². The number of unbranched alkanes of at least 4 members (excludes halogenated alkanes) is 1. The van der Waals surface area contributed by atoms with E-state index < -0.39 is 10.0 Å². The van der Waals surface area contributed by atoms with Gasteiger partial charge in [-0.1, -0.05) is 13.3 Å². The van der Waals surface area contributed by atoms with Crippen molar-refractivity contribution in [1.82, 2.24) is 14.3 Å². The Labute approximate surface area is 120 Å². The Morgan fingerprint density at radius 1 is 1.50 bits per heavy atom. The summed E-state index contributed by atoms with van der Waals surface area (Å²) in [6.45, 7) is 4.72. The largest absolute Gasteiger partial charge is 0.473 e. The van der Waals surface area contributed by atoms with Crippen LogP contribution >= 0.6 is 0 Å². The standard InChI is InChI=1S/C13H21N3O3S/c1-3-4-9-20(17,18)16-8-6-12(10-16)19-13-5-7-14-11(2)15-13/h5,7,12H,3-4,6,8-10H2,1-2H3/t12-/m1/s1. The van der Waals surface area contributed by atoms with Crippen molar-refractivity contribution in [2.24, 2.45) is 0 Å². The summed E-state index contributed by atoms with van der Waals surface area (Å²) in [5.74, 6) is 1.38. The van der Waals surface area contributed by atoms with E-state index in [1.165, 1.54) is 4.31 Å². The van der Waals surface area contributed by atoms with Gasteiger partial charge in [0.25, 0.3) is 0 Å². The number of nitrogens with zero attached hydrogens (tertiary/aromatic N) is 3. The van der Waals surface area contributed by atoms with Gasteiger partial charge in [-0.3, -0.25) is 0 Å². The first-order chi connectivity index (χ1) is 9.51. The van der Waals surface area contributed by atoms with Crippen LogP contribution in [0.5, 0.6) is 5.88 Å². The number of sulfonamides is 1. The predicted octanol–water partition coefficient (Wildman–Crippen LogP) is 1.37. The normalized spacial score (nSPS) is 20.2. The van der Waals surface area contributed by atoms with Crippen LogP contribution in [0.4, 0.5) is 0 Å². The molecule has 20 heavy (non-hydrogen) atoms. The fourth-order valence-electron chi connectivity index (χ4n) is 2.17. The van der Waals surface area contributed by atoms with Crippen LogP contribution in [-0.4, -0.2) is 47.6 Å². The number of ether oxygens (including phenoxy) is 1. The van der Waals surface area contributed by atoms with Crippen LogP contribution < -0.4 is 4.74 Å². The molecule has 0 saturated carbocycles. The van der Waals surface area contributed by atoms with Crippen LogP contribution in [0.2, 0.25) is 0 Å². The Balaban J connectivity index is 1.92. The molecule has 1 atom stereocenters. The molecule has 0 bridgehead atoms. The summed E-state index contributed by atoms with van der Waals surface area (Å²) in [5, 5.41) is 0. The van der Waals surface area contributed by atoms with Gasteiger partial charge in [-0.25, -0.2) is 13.4 Å². The molecule has 0 N–H and O–H groups in total. The maximum atomic E-state index is 12.1. The van der Waals surface area contributed by atoms with Crippen LogP contribution in [0.1, 0.15) is 32.0 Å². The molecule has 112 valence electrons. The van der Waals surface area contributed by atoms with Gasteiger partial charge >= 0.3 is 0 Å². The zero-order valence-corrected chi connectivity index (χ0v) is 12.8. The van der Waals surface area contributed by atoms with Crippen molar-refractivity contribution in [3.8, 4) is 5.88 Å². The molecule has 0 amide bonds. The Morgan fingerprint density at radius 3 is 3.00 bits per heavy atom. The van der Waals surface area contributed by atoms with Gasteiger partial charge in [0, 0.05) is 18.8 Å². The van der Waals surface area contributed by atoms with Crippen molar-refractivity contribution in [2.45, 2.75) is 39.2 Å². The van der Waals surface area contributed by atoms with E-state index >= 15 is 0 Å². The second-order valence-corrected chi connectivity index (χ2v) is 7.09. The zero-order valence-electron chi connectivity index (χ0n) is 11.9. The minimum Gasteiger partial charge on any atom is -0.473 e. The first-order valence-electron chi connectivity index (χ1n) is 6.95. The molecule has 2 heterocycles. The molecule has 1 saturated heterocycles. The van der Waals surface area contributed by atoms with Crippen LogP contribution in [0, 0.1) is 6.92 Å². The van der Waals surface area contributed by atoms with Gasteiger partial charge in [0.05, 0.1) is 12.3 Å². The minimum atomic E-state index is -3.13. The lowest BCUT2D eigenvalue weighted by Gasteiger charge is -2.16. The Kier molecular flexibility index (Phi) is 4.93. The van der Waals surface area contributed by atoms with Crippen LogP contribution in [-0.2, 0) is 10.0 Å². The molecule has 1 fully saturated rings. The number of rotatable bonds is 6. The first-order valence-corrected chi connectivity index (χ1v) is 8.56. The molecule has 0 unspecified atom stereocenters. The average molecular weight is 299 g/mol. The summed E-state index contributed by atoms with van der Waals surface area (Å²) in [7, 11) is -3.13. The van der Waals surface area contributed by atoms with Gasteiger partial charge < -0.3 is 4.74 Å². The van der Waals surface area contributed by atoms with E-state index in [4.69, 9.17) is 4.74 Å². The van der Waals surface area contributed by atoms with Crippen LogP contribution in [0.15, 0.2) is 12.3 Å². The molecule has 1 aliphatic rings. The third-order valence-electron chi connectivity index (χ3n) is 3.29. The van der Waals surface area contributed by atoms with Gasteiger partial charge in [-0.05, 0) is 19.8 Å². The minimum absolute atomic E-state index is 0.124. The molecule has 2 rings (SSSR count). The van der Waals surface area contributed by atoms with E-state index in [1.807, 2.05) is 6.92 Å². The van der Waals surface area contributed by atoms with Crippen molar-refractivity contribution in [3.05, 3.63) is 18.1 Å². The predicted molar refractivity (Wildman–Crippen MR) is 76.1 cm³/mol. The highest BCUT2D eigenvalue weighted by Gasteiger charge is 2.32. The van der Waals surface area contributed by atoms with Gasteiger partial charge in [-0.15, -0.1) is 0 Å². The highest BCUT2D eigenvalue weighted by molar-refractivity contribution is 7.89. The van der Waals surface area contributed by atoms with Crippen LogP contribution in [0.3, 0.4) is 0 Å². The average Bonchev–Trinajstić information content (AvgIpc) is 2.86. The van der Waals surface area contributed by atoms with Crippen molar-refractivity contribution in [3.63, 3.8) is 0 Å². The number of hydrogen-bond donors (Lipinski definition) is 0. The highest BCUT2D eigenvalue weighted by Crippen LogP contribution is 2.19. The van der Waals surface area contributed by atoms with E-state index in [-0.39, 0.29) is 11.9 Å². The van der Waals surface area contributed by atoms with Gasteiger partial charge in [0.15, 0.2) is 0 Å². The Bertz CT molecular complexity index is 548. The SMILES string of the molecule is CCCCS(=O)(=O)N1CC[C@@H](Oc2ccnc(C)n2)C1. The van der Waals surface area contributed by atoms with E-state index in [1.54, 1.807) is 19.2 Å². The molecular formula is C13H21N3O3S. The highest BCUT2D eigenvalue weighted by atomic mass is 32.2. The van der Waals surface area contributed by atoms with E-state index in [9.17, 15) is 8.42 Å². The molecule has 0 radical (unpaired) electrons. The van der Waals surface area contributed by atoms with Crippen LogP contribution in [0.25, 0.3) is 0 Å². The number of aromatic nitrogens is 2. The molecule has 7 heteroatoms. The zero-order chi connectivity index (χ0) is 14.6. The van der Waals surface area contributed by atoms with Crippen molar-refractivity contribution < 1.29 is 13.2 Å². The first kappa shape index (κ1) is 15.2. The topological polar surface area (TPSA) is 72.4 Å². The second-order valence-electron chi connectivity index (χ2n) is 5.00. The van der Waals surface area contributed by atoms with Gasteiger partial charge in [0.2, 0.25) is 15.9 Å². The van der Waals surface area contributed by atoms with Crippen molar-refractivity contribution in [2.75, 3.05) is 18.8 Å². The Hall–Kier alpha value is -1.21. The van der Waals surface area contributed by atoms with E-state index in [0.29, 0.717) is 37.6 Å². The molecule has 1 aromatic rings. The summed E-state index contributed by atoms with van der Waals surface area (Å²) in [5.41, 5.74) is 0. The summed E-state index contributed by atoms with van der Waals surface area (Å²) in [6, 6.07) is 1.70. The third kappa shape index (κ3) is 3.89. The quantitative estimate of drug-likeness (QED) is 0.793. The summed E-state index contributed by atoms with van der Waals surface area (Å²) in [6.07, 6.45) is 3.81. The van der Waals surface area contributed by atoms with E-state index in [0.717, 1.165) is 6.42 Å². The lowest BCUT2D eigenvalue weighted by molar-refractivity contribution is 0.206. The number of hydrogen-bond acceptors (Lipinski definition) is 5. The maximum absolute atomic E-state index is 12.1. The summed E-state index contributed by atoms with van der Waals surface area (Å²) < 4.78 is 31.4. The molecule has 1 aromatic heterocycles. The Morgan fingerprint density at radius 2 is 2.30 bits per heavy atom. The van der Waals surface area contributed by atoms with E-state index in [2.05, 4.69) is 9.97 Å². The molecule has 0 aromatic carbocycles. The summed E-state index contributed by atoms with van der Waals surface area (Å²) >= 11 is 0.